The van der Waals surface area contributed by atoms with Crippen molar-refractivity contribution in [3.8, 4) is 11.8 Å². The topological polar surface area (TPSA) is 72.2 Å². The maximum Gasteiger partial charge on any atom is 0.211 e. The molecule has 0 aliphatic carbocycles. The van der Waals surface area contributed by atoms with Crippen LogP contribution in [0.25, 0.3) is 0 Å². The normalized spacial score (nSPS) is 10.8. The molecule has 4 nitrogen and oxygen atoms in total. The van der Waals surface area contributed by atoms with Crippen molar-refractivity contribution in [3.63, 3.8) is 0 Å². The minimum atomic E-state index is -3.18. The summed E-state index contributed by atoms with van der Waals surface area (Å²) in [5.41, 5.74) is 7.05. The Hall–Kier alpha value is -1.35. The second-order valence-corrected chi connectivity index (χ2v) is 6.13. The van der Waals surface area contributed by atoms with E-state index < -0.39 is 10.0 Å². The van der Waals surface area contributed by atoms with Gasteiger partial charge in [0.15, 0.2) is 0 Å². The minimum Gasteiger partial charge on any atom is -0.320 e. The third-order valence-corrected chi connectivity index (χ3v) is 3.93. The molecule has 0 unspecified atom stereocenters. The van der Waals surface area contributed by atoms with Crippen molar-refractivity contribution in [2.24, 2.45) is 5.73 Å². The predicted molar refractivity (Wildman–Crippen MR) is 77.9 cm³/mol. The monoisotopic (exact) mass is 280 g/mol. The van der Waals surface area contributed by atoms with E-state index in [9.17, 15) is 8.42 Å². The number of hydrogen-bond donors (Lipinski definition) is 2. The lowest BCUT2D eigenvalue weighted by Gasteiger charge is -2.06. The molecule has 0 amide bonds. The maximum atomic E-state index is 11.7. The Bertz CT molecular complexity index is 556. The summed E-state index contributed by atoms with van der Waals surface area (Å²) in [6.45, 7) is 2.58. The number of unbranched alkanes of at least 4 members (excludes halogenated alkanes) is 1. The third-order valence-electron chi connectivity index (χ3n) is 2.52. The van der Waals surface area contributed by atoms with Crippen LogP contribution in [0.4, 0.5) is 0 Å². The van der Waals surface area contributed by atoms with Crippen LogP contribution in [0.1, 0.15) is 30.9 Å². The summed E-state index contributed by atoms with van der Waals surface area (Å²) in [4.78, 5) is 0. The van der Waals surface area contributed by atoms with Crippen LogP contribution in [0, 0.1) is 11.8 Å². The van der Waals surface area contributed by atoms with Crippen molar-refractivity contribution in [1.29, 1.82) is 0 Å². The van der Waals surface area contributed by atoms with E-state index in [1.54, 1.807) is 0 Å². The molecule has 1 aromatic carbocycles. The number of rotatable bonds is 6. The number of benzene rings is 1. The van der Waals surface area contributed by atoms with Gasteiger partial charge in [0.1, 0.15) is 0 Å². The highest BCUT2D eigenvalue weighted by atomic mass is 32.2. The molecular weight excluding hydrogens is 260 g/mol. The van der Waals surface area contributed by atoms with Gasteiger partial charge in [-0.2, -0.15) is 0 Å². The summed E-state index contributed by atoms with van der Waals surface area (Å²) >= 11 is 0. The smallest absolute Gasteiger partial charge is 0.211 e. The van der Waals surface area contributed by atoms with E-state index in [4.69, 9.17) is 5.73 Å². The van der Waals surface area contributed by atoms with Crippen molar-refractivity contribution in [1.82, 2.24) is 4.72 Å². The minimum absolute atomic E-state index is 0.177. The van der Waals surface area contributed by atoms with Crippen LogP contribution in [0.15, 0.2) is 24.3 Å². The van der Waals surface area contributed by atoms with Crippen LogP contribution >= 0.6 is 0 Å². The maximum absolute atomic E-state index is 11.7. The van der Waals surface area contributed by atoms with Crippen molar-refractivity contribution >= 4 is 10.0 Å². The van der Waals surface area contributed by atoms with Gasteiger partial charge in [-0.1, -0.05) is 37.3 Å². The molecule has 0 aliphatic heterocycles. The van der Waals surface area contributed by atoms with E-state index in [1.165, 1.54) is 0 Å². The lowest BCUT2D eigenvalue weighted by atomic mass is 10.1. The van der Waals surface area contributed by atoms with Gasteiger partial charge in [-0.05, 0) is 24.1 Å². The Morgan fingerprint density at radius 2 is 2.16 bits per heavy atom. The molecule has 0 radical (unpaired) electrons. The number of hydrogen-bond acceptors (Lipinski definition) is 3. The molecule has 0 atom stereocenters. The first-order valence-electron chi connectivity index (χ1n) is 6.32. The summed E-state index contributed by atoms with van der Waals surface area (Å²) in [5.74, 6) is 5.87. The summed E-state index contributed by atoms with van der Waals surface area (Å²) in [6, 6.07) is 7.47. The van der Waals surface area contributed by atoms with E-state index in [0.717, 1.165) is 17.5 Å². The van der Waals surface area contributed by atoms with Crippen LogP contribution in [0.5, 0.6) is 0 Å². The predicted octanol–water partition coefficient (Wildman–Crippen LogP) is 1.22. The van der Waals surface area contributed by atoms with E-state index in [-0.39, 0.29) is 5.75 Å². The van der Waals surface area contributed by atoms with Gasteiger partial charge in [0.05, 0.1) is 12.3 Å². The fourth-order valence-corrected chi connectivity index (χ4v) is 2.71. The van der Waals surface area contributed by atoms with Gasteiger partial charge in [-0.3, -0.25) is 0 Å². The zero-order valence-corrected chi connectivity index (χ0v) is 12.0. The lowest BCUT2D eigenvalue weighted by Crippen LogP contribution is -2.25. The van der Waals surface area contributed by atoms with Gasteiger partial charge in [0, 0.05) is 12.1 Å². The molecule has 3 N–H and O–H groups in total. The quantitative estimate of drug-likeness (QED) is 0.770. The molecule has 0 heterocycles. The van der Waals surface area contributed by atoms with Crippen LogP contribution in [-0.2, 0) is 16.6 Å². The Labute approximate surface area is 115 Å². The highest BCUT2D eigenvalue weighted by Gasteiger charge is 2.08. The largest absolute Gasteiger partial charge is 0.320 e. The summed E-state index contributed by atoms with van der Waals surface area (Å²) < 4.78 is 25.9. The fourth-order valence-electron chi connectivity index (χ4n) is 1.51. The Morgan fingerprint density at radius 3 is 2.84 bits per heavy atom. The zero-order valence-electron chi connectivity index (χ0n) is 11.1. The highest BCUT2D eigenvalue weighted by Crippen LogP contribution is 2.05. The first-order valence-corrected chi connectivity index (χ1v) is 7.98. The van der Waals surface area contributed by atoms with E-state index >= 15 is 0 Å². The van der Waals surface area contributed by atoms with E-state index in [1.807, 2.05) is 31.2 Å². The molecule has 0 spiro atoms. The molecule has 0 fully saturated rings. The second kappa shape index (κ2) is 7.95. The van der Waals surface area contributed by atoms with Gasteiger partial charge >= 0.3 is 0 Å². The van der Waals surface area contributed by atoms with Crippen molar-refractivity contribution in [3.05, 3.63) is 35.4 Å². The molecule has 0 saturated heterocycles. The standard InChI is InChI=1S/C14H20N2O2S/c1-2-3-10-19(17,18)16-12-14-7-4-6-13(11-14)8-5-9-15/h4,6-7,11,16H,2-3,9-10,12,15H2,1H3. The lowest BCUT2D eigenvalue weighted by molar-refractivity contribution is 0.578. The van der Waals surface area contributed by atoms with Gasteiger partial charge in [0.25, 0.3) is 0 Å². The molecule has 5 heteroatoms. The molecule has 0 aromatic heterocycles. The Morgan fingerprint density at radius 1 is 1.37 bits per heavy atom. The first kappa shape index (κ1) is 15.7. The third kappa shape index (κ3) is 6.39. The number of nitrogens with two attached hydrogens (primary N) is 1. The van der Waals surface area contributed by atoms with E-state index in [2.05, 4.69) is 16.6 Å². The molecule has 19 heavy (non-hydrogen) atoms. The fraction of sp³-hybridized carbons (Fsp3) is 0.429. The first-order chi connectivity index (χ1) is 9.07. The van der Waals surface area contributed by atoms with Crippen LogP contribution < -0.4 is 10.5 Å². The summed E-state index contributed by atoms with van der Waals surface area (Å²) in [6.07, 6.45) is 1.54. The molecule has 0 aliphatic rings. The Balaban J connectivity index is 2.63. The molecule has 0 saturated carbocycles. The van der Waals surface area contributed by atoms with Crippen molar-refractivity contribution in [2.45, 2.75) is 26.3 Å². The van der Waals surface area contributed by atoms with Gasteiger partial charge in [0.2, 0.25) is 10.0 Å². The molecule has 1 aromatic rings. The van der Waals surface area contributed by atoms with Gasteiger partial charge < -0.3 is 5.73 Å². The average Bonchev–Trinajstić information content (AvgIpc) is 2.41. The second-order valence-electron chi connectivity index (χ2n) is 4.20. The summed E-state index contributed by atoms with van der Waals surface area (Å²) in [7, 11) is -3.18. The molecule has 0 bridgehead atoms. The van der Waals surface area contributed by atoms with Crippen molar-refractivity contribution in [2.75, 3.05) is 12.3 Å². The molecular formula is C14H20N2O2S. The van der Waals surface area contributed by atoms with Crippen LogP contribution in [0.2, 0.25) is 0 Å². The average molecular weight is 280 g/mol. The van der Waals surface area contributed by atoms with E-state index in [0.29, 0.717) is 19.5 Å². The molecule has 1 rings (SSSR count). The molecule has 104 valence electrons. The van der Waals surface area contributed by atoms with Gasteiger partial charge in [-0.25, -0.2) is 13.1 Å². The summed E-state index contributed by atoms with van der Waals surface area (Å²) in [5, 5.41) is 0. The van der Waals surface area contributed by atoms with Crippen LogP contribution in [0.3, 0.4) is 0 Å². The number of nitrogens with one attached hydrogen (secondary N) is 1. The van der Waals surface area contributed by atoms with Crippen LogP contribution in [-0.4, -0.2) is 20.7 Å². The Kier molecular flexibility index (Phi) is 6.57. The zero-order chi connectivity index (χ0) is 14.1. The highest BCUT2D eigenvalue weighted by molar-refractivity contribution is 7.89. The number of sulfonamides is 1. The van der Waals surface area contributed by atoms with Gasteiger partial charge in [-0.15, -0.1) is 0 Å². The van der Waals surface area contributed by atoms with Crippen molar-refractivity contribution < 1.29 is 8.42 Å². The SMILES string of the molecule is CCCCS(=O)(=O)NCc1cccc(C#CCN)c1.